The fraction of sp³-hybridized carbons (Fsp3) is 0.909. The Labute approximate surface area is 89.2 Å². The van der Waals surface area contributed by atoms with E-state index in [0.29, 0.717) is 17.1 Å². The topological polar surface area (TPSA) is 20.3 Å². The van der Waals surface area contributed by atoms with Gasteiger partial charge in [0.15, 0.2) is 0 Å². The lowest BCUT2D eigenvalue weighted by atomic mass is 9.92. The molecule has 0 spiro atoms. The summed E-state index contributed by atoms with van der Waals surface area (Å²) in [6.07, 6.45) is 2.96. The summed E-state index contributed by atoms with van der Waals surface area (Å²) < 4.78 is 0. The smallest absolute Gasteiger partial charge is 0.223 e. The minimum atomic E-state index is 0.330. The summed E-state index contributed by atoms with van der Waals surface area (Å²) in [5.41, 5.74) is 0.330. The molecule has 0 saturated carbocycles. The molecule has 0 aromatic heterocycles. The number of carbonyl (C=O) groups excluding carboxylic acids is 1. The van der Waals surface area contributed by atoms with Crippen LogP contribution in [0.3, 0.4) is 0 Å². The number of hydrogen-bond donors (Lipinski definition) is 0. The summed E-state index contributed by atoms with van der Waals surface area (Å²) in [5.74, 6) is 0.860. The molecule has 1 aliphatic heterocycles. The zero-order valence-electron chi connectivity index (χ0n) is 9.76. The van der Waals surface area contributed by atoms with Crippen molar-refractivity contribution in [2.45, 2.75) is 45.8 Å². The van der Waals surface area contributed by atoms with Crippen molar-refractivity contribution in [2.75, 3.05) is 13.2 Å². The molecule has 1 heterocycles. The van der Waals surface area contributed by atoms with Gasteiger partial charge >= 0.3 is 0 Å². The molecule has 0 aromatic rings. The molecule has 2 unspecified atom stereocenters. The molecule has 82 valence electrons. The highest BCUT2D eigenvalue weighted by atomic mass is 31.1. The first-order chi connectivity index (χ1) is 6.44. The molecule has 1 aliphatic rings. The second-order valence-corrected chi connectivity index (χ2v) is 6.50. The maximum Gasteiger partial charge on any atom is 0.223 e. The molecule has 0 radical (unpaired) electrons. The van der Waals surface area contributed by atoms with Gasteiger partial charge in [0.05, 0.1) is 0 Å². The van der Waals surface area contributed by atoms with Crippen molar-refractivity contribution in [3.05, 3.63) is 0 Å². The van der Waals surface area contributed by atoms with Gasteiger partial charge in [-0.3, -0.25) is 4.79 Å². The fourth-order valence-corrected chi connectivity index (χ4v) is 3.35. The van der Waals surface area contributed by atoms with E-state index in [0.717, 1.165) is 34.4 Å². The monoisotopic (exact) mass is 215 g/mol. The van der Waals surface area contributed by atoms with Crippen LogP contribution in [0.25, 0.3) is 0 Å². The lowest BCUT2D eigenvalue weighted by molar-refractivity contribution is -0.128. The van der Waals surface area contributed by atoms with Crippen molar-refractivity contribution in [3.63, 3.8) is 0 Å². The van der Waals surface area contributed by atoms with E-state index in [9.17, 15) is 4.79 Å². The molecule has 1 fully saturated rings. The fourth-order valence-electron chi connectivity index (χ4n) is 1.95. The number of amides is 1. The number of rotatable bonds is 3. The van der Waals surface area contributed by atoms with Gasteiger partial charge in [-0.2, -0.15) is 0 Å². The van der Waals surface area contributed by atoms with Crippen molar-refractivity contribution in [3.8, 4) is 0 Å². The van der Waals surface area contributed by atoms with Crippen LogP contribution in [-0.4, -0.2) is 29.8 Å². The Morgan fingerprint density at radius 1 is 1.50 bits per heavy atom. The zero-order valence-corrected chi connectivity index (χ0v) is 10.8. The van der Waals surface area contributed by atoms with Crippen LogP contribution >= 0.6 is 8.58 Å². The summed E-state index contributed by atoms with van der Waals surface area (Å²) in [4.78, 5) is 13.7. The van der Waals surface area contributed by atoms with E-state index in [-0.39, 0.29) is 0 Å². The molecule has 2 atom stereocenters. The lowest BCUT2D eigenvalue weighted by Crippen LogP contribution is -2.35. The molecular formula is C11H22NOP. The minimum Gasteiger partial charge on any atom is -0.336 e. The van der Waals surface area contributed by atoms with Crippen LogP contribution in [0.4, 0.5) is 0 Å². The van der Waals surface area contributed by atoms with Crippen molar-refractivity contribution in [2.24, 2.45) is 5.41 Å². The van der Waals surface area contributed by atoms with E-state index in [2.05, 4.69) is 32.3 Å². The predicted molar refractivity (Wildman–Crippen MR) is 63.0 cm³/mol. The first-order valence-corrected chi connectivity index (χ1v) is 6.98. The first kappa shape index (κ1) is 12.0. The summed E-state index contributed by atoms with van der Waals surface area (Å²) in [6, 6.07) is 0. The maximum atomic E-state index is 11.6. The van der Waals surface area contributed by atoms with E-state index >= 15 is 0 Å². The lowest BCUT2D eigenvalue weighted by Gasteiger charge is -2.32. The van der Waals surface area contributed by atoms with Gasteiger partial charge in [0.25, 0.3) is 0 Å². The highest BCUT2D eigenvalue weighted by Crippen LogP contribution is 2.33. The van der Waals surface area contributed by atoms with Crippen LogP contribution < -0.4 is 0 Å². The molecule has 0 bridgehead atoms. The van der Waals surface area contributed by atoms with Gasteiger partial charge in [-0.05, 0) is 24.9 Å². The minimum absolute atomic E-state index is 0.330. The molecule has 1 saturated heterocycles. The van der Waals surface area contributed by atoms with Crippen molar-refractivity contribution >= 4 is 14.5 Å². The molecule has 1 amide bonds. The van der Waals surface area contributed by atoms with Crippen LogP contribution in [0.15, 0.2) is 0 Å². The third-order valence-electron chi connectivity index (χ3n) is 2.63. The van der Waals surface area contributed by atoms with E-state index in [1.807, 2.05) is 0 Å². The van der Waals surface area contributed by atoms with Gasteiger partial charge in [0, 0.05) is 18.7 Å². The molecule has 3 heteroatoms. The maximum absolute atomic E-state index is 11.6. The van der Waals surface area contributed by atoms with Gasteiger partial charge in [-0.1, -0.05) is 20.8 Å². The van der Waals surface area contributed by atoms with Gasteiger partial charge in [0.2, 0.25) is 5.91 Å². The summed E-state index contributed by atoms with van der Waals surface area (Å²) in [5, 5.41) is 0. The Hall–Kier alpha value is -0.100. The van der Waals surface area contributed by atoms with Gasteiger partial charge < -0.3 is 4.90 Å². The van der Waals surface area contributed by atoms with Gasteiger partial charge in [-0.15, -0.1) is 8.58 Å². The first-order valence-electron chi connectivity index (χ1n) is 5.41. The number of nitrogens with zero attached hydrogens (tertiary/aromatic N) is 1. The highest BCUT2D eigenvalue weighted by molar-refractivity contribution is 7.37. The van der Waals surface area contributed by atoms with Crippen molar-refractivity contribution < 1.29 is 4.79 Å². The molecule has 2 nitrogen and oxygen atoms in total. The second-order valence-electron chi connectivity index (χ2n) is 5.26. The van der Waals surface area contributed by atoms with Gasteiger partial charge in [0.1, 0.15) is 0 Å². The van der Waals surface area contributed by atoms with Crippen molar-refractivity contribution in [1.29, 1.82) is 0 Å². The SMILES string of the molecule is CPC(CC(C)(C)C)N1CCCC1=O. The predicted octanol–water partition coefficient (Wildman–Crippen LogP) is 2.68. The normalized spacial score (nSPS) is 21.1. The highest BCUT2D eigenvalue weighted by Gasteiger charge is 2.29. The van der Waals surface area contributed by atoms with Crippen LogP contribution in [0, 0.1) is 5.41 Å². The van der Waals surface area contributed by atoms with E-state index < -0.39 is 0 Å². The Kier molecular flexibility index (Phi) is 3.94. The van der Waals surface area contributed by atoms with Crippen LogP contribution in [-0.2, 0) is 4.79 Å². The van der Waals surface area contributed by atoms with E-state index in [4.69, 9.17) is 0 Å². The van der Waals surface area contributed by atoms with Gasteiger partial charge in [-0.25, -0.2) is 0 Å². The zero-order chi connectivity index (χ0) is 10.8. The molecule has 0 aromatic carbocycles. The molecule has 1 rings (SSSR count). The Morgan fingerprint density at radius 2 is 2.14 bits per heavy atom. The molecule has 14 heavy (non-hydrogen) atoms. The molecule has 0 aliphatic carbocycles. The summed E-state index contributed by atoms with van der Waals surface area (Å²) in [6.45, 7) is 9.95. The van der Waals surface area contributed by atoms with Crippen LogP contribution in [0.1, 0.15) is 40.0 Å². The summed E-state index contributed by atoms with van der Waals surface area (Å²) >= 11 is 0. The number of carbonyl (C=O) groups is 1. The third-order valence-corrected chi connectivity index (χ3v) is 3.81. The van der Waals surface area contributed by atoms with E-state index in [1.165, 1.54) is 0 Å². The Balaban J connectivity index is 2.57. The Bertz CT molecular complexity index is 210. The largest absolute Gasteiger partial charge is 0.336 e. The average Bonchev–Trinajstić information content (AvgIpc) is 2.45. The third kappa shape index (κ3) is 3.24. The quantitative estimate of drug-likeness (QED) is 0.663. The van der Waals surface area contributed by atoms with Crippen molar-refractivity contribution in [1.82, 2.24) is 4.90 Å². The molecule has 0 N–H and O–H groups in total. The standard InChI is InChI=1S/C11H22NOP/c1-11(2,3)8-10(14-4)12-7-5-6-9(12)13/h10,14H,5-8H2,1-4H3. The van der Waals surface area contributed by atoms with Crippen LogP contribution in [0.5, 0.6) is 0 Å². The second kappa shape index (κ2) is 4.61. The number of likely N-dealkylation sites (tertiary alicyclic amines) is 1. The molecular weight excluding hydrogens is 193 g/mol. The summed E-state index contributed by atoms with van der Waals surface area (Å²) in [7, 11) is 0.847. The average molecular weight is 215 g/mol. The van der Waals surface area contributed by atoms with Crippen LogP contribution in [0.2, 0.25) is 0 Å². The number of hydrogen-bond acceptors (Lipinski definition) is 1. The Morgan fingerprint density at radius 3 is 2.50 bits per heavy atom. The van der Waals surface area contributed by atoms with E-state index in [1.54, 1.807) is 0 Å².